The third-order valence-corrected chi connectivity index (χ3v) is 5.46. The number of pyridine rings is 1. The van der Waals surface area contributed by atoms with Gasteiger partial charge in [-0.3, -0.25) is 14.7 Å². The normalized spacial score (nSPS) is 13.0. The molecule has 1 aliphatic rings. The molecule has 1 saturated carbocycles. The van der Waals surface area contributed by atoms with E-state index in [0.717, 1.165) is 12.8 Å². The first-order valence-electron chi connectivity index (χ1n) is 11.7. The zero-order valence-electron chi connectivity index (χ0n) is 20.4. The quantitative estimate of drug-likeness (QED) is 0.439. The number of hydrogen-bond donors (Lipinski definition) is 0. The van der Waals surface area contributed by atoms with E-state index in [9.17, 15) is 9.59 Å². The van der Waals surface area contributed by atoms with Crippen LogP contribution in [0.25, 0.3) is 0 Å². The van der Waals surface area contributed by atoms with Gasteiger partial charge in [0.1, 0.15) is 18.0 Å². The van der Waals surface area contributed by atoms with E-state index in [0.29, 0.717) is 41.0 Å². The molecule has 0 aliphatic heterocycles. The van der Waals surface area contributed by atoms with E-state index in [-0.39, 0.29) is 25.5 Å². The number of benzene rings is 1. The largest absolute Gasteiger partial charge is 0.492 e. The van der Waals surface area contributed by atoms with Crippen LogP contribution in [0.4, 0.5) is 10.5 Å². The van der Waals surface area contributed by atoms with Gasteiger partial charge >= 0.3 is 6.09 Å². The highest BCUT2D eigenvalue weighted by atomic mass is 35.5. The van der Waals surface area contributed by atoms with Crippen molar-refractivity contribution in [2.24, 2.45) is 5.92 Å². The SMILES string of the molecule is CC(C)(C)OC(=O)N(CCOc1cc(Cl)cc(C(=O)N(CCC#N)CC2CC2)c1)c1ccncc1. The van der Waals surface area contributed by atoms with Crippen LogP contribution >= 0.6 is 11.6 Å². The van der Waals surface area contributed by atoms with Crippen LogP contribution in [0.1, 0.15) is 50.4 Å². The van der Waals surface area contributed by atoms with Gasteiger partial charge in [-0.2, -0.15) is 5.26 Å². The molecular weight excluding hydrogens is 468 g/mol. The molecule has 0 spiro atoms. The maximum Gasteiger partial charge on any atom is 0.414 e. The lowest BCUT2D eigenvalue weighted by molar-refractivity contribution is 0.0575. The van der Waals surface area contributed by atoms with Crippen molar-refractivity contribution in [3.8, 4) is 11.8 Å². The van der Waals surface area contributed by atoms with Crippen LogP contribution < -0.4 is 9.64 Å². The Labute approximate surface area is 211 Å². The molecule has 1 heterocycles. The van der Waals surface area contributed by atoms with Crippen LogP contribution in [0.15, 0.2) is 42.7 Å². The summed E-state index contributed by atoms with van der Waals surface area (Å²) in [4.78, 5) is 33.1. The molecule has 2 aromatic rings. The summed E-state index contributed by atoms with van der Waals surface area (Å²) in [5, 5.41) is 9.33. The second-order valence-corrected chi connectivity index (χ2v) is 9.90. The molecule has 0 radical (unpaired) electrons. The average molecular weight is 499 g/mol. The minimum Gasteiger partial charge on any atom is -0.492 e. The Morgan fingerprint density at radius 3 is 2.51 bits per heavy atom. The number of carbonyl (C=O) groups excluding carboxylic acids is 2. The maximum atomic E-state index is 13.1. The molecule has 0 saturated heterocycles. The molecule has 1 aromatic carbocycles. The van der Waals surface area contributed by atoms with E-state index in [4.69, 9.17) is 26.3 Å². The highest BCUT2D eigenvalue weighted by molar-refractivity contribution is 6.31. The van der Waals surface area contributed by atoms with Gasteiger partial charge in [-0.05, 0) is 69.9 Å². The van der Waals surface area contributed by atoms with Gasteiger partial charge < -0.3 is 14.4 Å². The Balaban J connectivity index is 1.69. The second kappa shape index (κ2) is 11.9. The molecule has 0 N–H and O–H groups in total. The number of anilines is 1. The Morgan fingerprint density at radius 1 is 1.17 bits per heavy atom. The van der Waals surface area contributed by atoms with E-state index >= 15 is 0 Å². The Morgan fingerprint density at radius 2 is 1.89 bits per heavy atom. The number of halogens is 1. The number of amides is 2. The zero-order chi connectivity index (χ0) is 25.4. The van der Waals surface area contributed by atoms with Gasteiger partial charge in [0.25, 0.3) is 5.91 Å². The van der Waals surface area contributed by atoms with Crippen molar-refractivity contribution in [3.63, 3.8) is 0 Å². The third-order valence-electron chi connectivity index (χ3n) is 5.25. The topological polar surface area (TPSA) is 95.8 Å². The Hall–Kier alpha value is -3.31. The lowest BCUT2D eigenvalue weighted by Crippen LogP contribution is -2.39. The number of hydrogen-bond acceptors (Lipinski definition) is 6. The first kappa shape index (κ1) is 26.3. The molecule has 0 bridgehead atoms. The summed E-state index contributed by atoms with van der Waals surface area (Å²) in [6.07, 6.45) is 5.18. The van der Waals surface area contributed by atoms with E-state index in [1.807, 2.05) is 0 Å². The fourth-order valence-electron chi connectivity index (χ4n) is 3.45. The molecule has 1 fully saturated rings. The van der Waals surface area contributed by atoms with Crippen LogP contribution in [0.3, 0.4) is 0 Å². The van der Waals surface area contributed by atoms with Crippen molar-refractivity contribution < 1.29 is 19.1 Å². The molecule has 0 unspecified atom stereocenters. The van der Waals surface area contributed by atoms with E-state index in [2.05, 4.69) is 11.1 Å². The third kappa shape index (κ3) is 8.45. The smallest absolute Gasteiger partial charge is 0.414 e. The van der Waals surface area contributed by atoms with Gasteiger partial charge in [-0.15, -0.1) is 0 Å². The van der Waals surface area contributed by atoms with Crippen LogP contribution in [-0.2, 0) is 4.74 Å². The van der Waals surface area contributed by atoms with Gasteiger partial charge in [-0.1, -0.05) is 11.6 Å². The lowest BCUT2D eigenvalue weighted by atomic mass is 10.1. The lowest BCUT2D eigenvalue weighted by Gasteiger charge is -2.27. The molecule has 35 heavy (non-hydrogen) atoms. The molecule has 186 valence electrons. The van der Waals surface area contributed by atoms with Crippen molar-refractivity contribution in [1.82, 2.24) is 9.88 Å². The summed E-state index contributed by atoms with van der Waals surface area (Å²) in [5.41, 5.74) is 0.390. The van der Waals surface area contributed by atoms with Crippen LogP contribution in [0.2, 0.25) is 5.02 Å². The first-order valence-corrected chi connectivity index (χ1v) is 12.0. The highest BCUT2D eigenvalue weighted by Gasteiger charge is 2.28. The van der Waals surface area contributed by atoms with Gasteiger partial charge in [0, 0.05) is 36.1 Å². The number of nitriles is 1. The van der Waals surface area contributed by atoms with E-state index in [1.54, 1.807) is 68.4 Å². The number of nitrogens with zero attached hydrogens (tertiary/aromatic N) is 4. The summed E-state index contributed by atoms with van der Waals surface area (Å²) < 4.78 is 11.4. The minimum absolute atomic E-state index is 0.149. The summed E-state index contributed by atoms with van der Waals surface area (Å²) in [6.45, 7) is 6.80. The van der Waals surface area contributed by atoms with Crippen molar-refractivity contribution >= 4 is 29.3 Å². The maximum absolute atomic E-state index is 13.1. The zero-order valence-corrected chi connectivity index (χ0v) is 21.1. The Bertz CT molecular complexity index is 1060. The fourth-order valence-corrected chi connectivity index (χ4v) is 3.67. The first-order chi connectivity index (χ1) is 16.7. The second-order valence-electron chi connectivity index (χ2n) is 9.46. The molecule has 9 heteroatoms. The summed E-state index contributed by atoms with van der Waals surface area (Å²) in [5.74, 6) is 0.748. The Kier molecular flexibility index (Phi) is 8.94. The highest BCUT2D eigenvalue weighted by Crippen LogP contribution is 2.31. The van der Waals surface area contributed by atoms with E-state index in [1.165, 1.54) is 4.90 Å². The van der Waals surface area contributed by atoms with Crippen molar-refractivity contribution in [2.75, 3.05) is 31.1 Å². The predicted octanol–water partition coefficient (Wildman–Crippen LogP) is 5.32. The summed E-state index contributed by atoms with van der Waals surface area (Å²) in [6, 6.07) is 10.4. The van der Waals surface area contributed by atoms with Crippen LogP contribution in [-0.4, -0.2) is 53.7 Å². The number of aromatic nitrogens is 1. The standard InChI is InChI=1S/C26H31ClN4O4/c1-26(2,3)35-25(33)31(22-7-10-29-11-8-22)13-14-34-23-16-20(15-21(27)17-23)24(32)30(12-4-9-28)18-19-5-6-19/h7-8,10-11,15-17,19H,4-6,12-14,18H2,1-3H3. The monoisotopic (exact) mass is 498 g/mol. The molecule has 1 aromatic heterocycles. The number of ether oxygens (including phenoxy) is 2. The van der Waals surface area contributed by atoms with Crippen LogP contribution in [0.5, 0.6) is 5.75 Å². The van der Waals surface area contributed by atoms with Crippen molar-refractivity contribution in [1.29, 1.82) is 5.26 Å². The van der Waals surface area contributed by atoms with Crippen molar-refractivity contribution in [2.45, 2.75) is 45.6 Å². The van der Waals surface area contributed by atoms with E-state index < -0.39 is 11.7 Å². The van der Waals surface area contributed by atoms with Gasteiger partial charge in [0.05, 0.1) is 24.7 Å². The van der Waals surface area contributed by atoms with Gasteiger partial charge in [0.15, 0.2) is 0 Å². The average Bonchev–Trinajstić information content (AvgIpc) is 3.62. The number of carbonyl (C=O) groups is 2. The molecule has 0 atom stereocenters. The van der Waals surface area contributed by atoms with Crippen LogP contribution in [0, 0.1) is 17.2 Å². The van der Waals surface area contributed by atoms with Crippen molar-refractivity contribution in [3.05, 3.63) is 53.3 Å². The summed E-state index contributed by atoms with van der Waals surface area (Å²) in [7, 11) is 0. The molecule has 3 rings (SSSR count). The van der Waals surface area contributed by atoms with Gasteiger partial charge in [0.2, 0.25) is 0 Å². The molecule has 8 nitrogen and oxygen atoms in total. The minimum atomic E-state index is -0.649. The molecule has 2 amide bonds. The fraction of sp³-hybridized carbons (Fsp3) is 0.462. The summed E-state index contributed by atoms with van der Waals surface area (Å²) >= 11 is 6.29. The molecular formula is C26H31ClN4O4. The predicted molar refractivity (Wildman–Crippen MR) is 134 cm³/mol. The molecule has 1 aliphatic carbocycles. The van der Waals surface area contributed by atoms with Gasteiger partial charge in [-0.25, -0.2) is 4.79 Å². The number of rotatable bonds is 10.